The third-order valence-electron chi connectivity index (χ3n) is 3.04. The molecule has 2 aromatic carbocycles. The molecule has 2 N–H and O–H groups in total. The summed E-state index contributed by atoms with van der Waals surface area (Å²) in [5, 5.41) is 14.0. The number of nitrogens with zero attached hydrogens (tertiary/aromatic N) is 1. The number of carbonyl (C=O) groups excluding carboxylic acids is 1. The van der Waals surface area contributed by atoms with Crippen LogP contribution in [-0.2, 0) is 0 Å². The highest BCUT2D eigenvalue weighted by Crippen LogP contribution is 2.17. The summed E-state index contributed by atoms with van der Waals surface area (Å²) < 4.78 is 40.2. The Labute approximate surface area is 130 Å². The van der Waals surface area contributed by atoms with Gasteiger partial charge >= 0.3 is 0 Å². The lowest BCUT2D eigenvalue weighted by Crippen LogP contribution is -2.30. The molecular formula is C16H12F3N3O. The quantitative estimate of drug-likeness (QED) is 0.833. The van der Waals surface area contributed by atoms with E-state index in [4.69, 9.17) is 5.26 Å². The topological polar surface area (TPSA) is 64.9 Å². The predicted octanol–water partition coefficient (Wildman–Crippen LogP) is 2.82. The van der Waals surface area contributed by atoms with Crippen LogP contribution in [0.3, 0.4) is 0 Å². The second kappa shape index (κ2) is 7.31. The molecule has 7 heteroatoms. The van der Waals surface area contributed by atoms with Gasteiger partial charge in [0.2, 0.25) is 0 Å². The van der Waals surface area contributed by atoms with E-state index in [1.54, 1.807) is 6.07 Å². The number of hydrogen-bond donors (Lipinski definition) is 2. The van der Waals surface area contributed by atoms with E-state index in [9.17, 15) is 18.0 Å². The first kappa shape index (κ1) is 16.4. The van der Waals surface area contributed by atoms with Gasteiger partial charge in [0.15, 0.2) is 0 Å². The molecule has 0 saturated heterocycles. The molecule has 0 atom stereocenters. The zero-order valence-corrected chi connectivity index (χ0v) is 11.9. The molecule has 0 fully saturated rings. The molecule has 118 valence electrons. The zero-order chi connectivity index (χ0) is 16.8. The molecule has 23 heavy (non-hydrogen) atoms. The van der Waals surface area contributed by atoms with E-state index in [0.29, 0.717) is 0 Å². The van der Waals surface area contributed by atoms with Crippen molar-refractivity contribution in [3.05, 3.63) is 65.0 Å². The molecular weight excluding hydrogens is 307 g/mol. The van der Waals surface area contributed by atoms with E-state index in [-0.39, 0.29) is 24.3 Å². The van der Waals surface area contributed by atoms with Gasteiger partial charge < -0.3 is 10.6 Å². The standard InChI is InChI=1S/C16H12F3N3O/c17-11-3-2-6-14(10(11)9-20)21-7-8-22-16(23)15-12(18)4-1-5-13(15)19/h1-6,21H,7-8H2,(H,22,23). The fraction of sp³-hybridized carbons (Fsp3) is 0.125. The SMILES string of the molecule is N#Cc1c(F)cccc1NCCNC(=O)c1c(F)cccc1F. The second-order valence-electron chi connectivity index (χ2n) is 4.55. The first-order valence-corrected chi connectivity index (χ1v) is 6.69. The second-order valence-corrected chi connectivity index (χ2v) is 4.55. The van der Waals surface area contributed by atoms with Gasteiger partial charge in [0.1, 0.15) is 34.6 Å². The first-order chi connectivity index (χ1) is 11.0. The van der Waals surface area contributed by atoms with Gasteiger partial charge in [0.25, 0.3) is 5.91 Å². The van der Waals surface area contributed by atoms with Gasteiger partial charge in [-0.3, -0.25) is 4.79 Å². The van der Waals surface area contributed by atoms with Gasteiger partial charge in [-0.25, -0.2) is 13.2 Å². The van der Waals surface area contributed by atoms with Crippen molar-refractivity contribution in [3.8, 4) is 6.07 Å². The molecule has 0 bridgehead atoms. The summed E-state index contributed by atoms with van der Waals surface area (Å²) in [4.78, 5) is 11.7. The molecule has 4 nitrogen and oxygen atoms in total. The molecule has 0 aliphatic rings. The number of nitriles is 1. The normalized spacial score (nSPS) is 10.0. The van der Waals surface area contributed by atoms with Crippen molar-refractivity contribution in [1.82, 2.24) is 5.32 Å². The van der Waals surface area contributed by atoms with Crippen LogP contribution in [0.1, 0.15) is 15.9 Å². The number of benzene rings is 2. The van der Waals surface area contributed by atoms with Crippen LogP contribution in [0, 0.1) is 28.8 Å². The Morgan fingerprint density at radius 3 is 2.26 bits per heavy atom. The van der Waals surface area contributed by atoms with Crippen molar-refractivity contribution in [2.24, 2.45) is 0 Å². The maximum atomic E-state index is 13.4. The lowest BCUT2D eigenvalue weighted by atomic mass is 10.2. The van der Waals surface area contributed by atoms with Crippen LogP contribution in [0.15, 0.2) is 36.4 Å². The fourth-order valence-corrected chi connectivity index (χ4v) is 1.96. The highest BCUT2D eigenvalue weighted by atomic mass is 19.1. The monoisotopic (exact) mass is 319 g/mol. The van der Waals surface area contributed by atoms with Gasteiger partial charge in [-0.2, -0.15) is 5.26 Å². The molecule has 0 aliphatic heterocycles. The largest absolute Gasteiger partial charge is 0.382 e. The fourth-order valence-electron chi connectivity index (χ4n) is 1.96. The summed E-state index contributed by atoms with van der Waals surface area (Å²) in [6.07, 6.45) is 0. The maximum absolute atomic E-state index is 13.4. The Balaban J connectivity index is 1.93. The van der Waals surface area contributed by atoms with Gasteiger partial charge in [-0.1, -0.05) is 12.1 Å². The molecule has 1 amide bonds. The summed E-state index contributed by atoms with van der Waals surface area (Å²) in [7, 11) is 0. The zero-order valence-electron chi connectivity index (χ0n) is 11.9. The van der Waals surface area contributed by atoms with E-state index in [1.807, 2.05) is 0 Å². The average molecular weight is 319 g/mol. The molecule has 0 spiro atoms. The van der Waals surface area contributed by atoms with Crippen LogP contribution >= 0.6 is 0 Å². The molecule has 2 rings (SSSR count). The van der Waals surface area contributed by atoms with Gasteiger partial charge in [0.05, 0.1) is 5.69 Å². The van der Waals surface area contributed by atoms with E-state index >= 15 is 0 Å². The molecule has 0 unspecified atom stereocenters. The molecule has 0 saturated carbocycles. The lowest BCUT2D eigenvalue weighted by Gasteiger charge is -2.10. The minimum atomic E-state index is -0.952. The van der Waals surface area contributed by atoms with Crippen LogP contribution < -0.4 is 10.6 Å². The summed E-state index contributed by atoms with van der Waals surface area (Å²) in [6.45, 7) is 0.188. The number of anilines is 1. The number of nitrogens with one attached hydrogen (secondary N) is 2. The Morgan fingerprint density at radius 2 is 1.61 bits per heavy atom. The van der Waals surface area contributed by atoms with Crippen LogP contribution in [0.2, 0.25) is 0 Å². The Morgan fingerprint density at radius 1 is 1.00 bits per heavy atom. The van der Waals surface area contributed by atoms with Crippen molar-refractivity contribution in [2.75, 3.05) is 18.4 Å². The third-order valence-corrected chi connectivity index (χ3v) is 3.04. The third kappa shape index (κ3) is 3.80. The highest BCUT2D eigenvalue weighted by molar-refractivity contribution is 5.94. The van der Waals surface area contributed by atoms with Crippen LogP contribution in [0.4, 0.5) is 18.9 Å². The van der Waals surface area contributed by atoms with Crippen molar-refractivity contribution in [1.29, 1.82) is 5.26 Å². The van der Waals surface area contributed by atoms with E-state index < -0.39 is 28.9 Å². The summed E-state index contributed by atoms with van der Waals surface area (Å²) in [5.74, 6) is -3.45. The van der Waals surface area contributed by atoms with Crippen molar-refractivity contribution >= 4 is 11.6 Å². The van der Waals surface area contributed by atoms with Gasteiger partial charge in [-0.15, -0.1) is 0 Å². The van der Waals surface area contributed by atoms with E-state index in [2.05, 4.69) is 10.6 Å². The predicted molar refractivity (Wildman–Crippen MR) is 78.3 cm³/mol. The van der Waals surface area contributed by atoms with Crippen LogP contribution in [0.25, 0.3) is 0 Å². The Bertz CT molecular complexity index is 751. The summed E-state index contributed by atoms with van der Waals surface area (Å²) >= 11 is 0. The molecule has 0 aromatic heterocycles. The van der Waals surface area contributed by atoms with E-state index in [0.717, 1.165) is 24.3 Å². The van der Waals surface area contributed by atoms with E-state index in [1.165, 1.54) is 12.1 Å². The minimum Gasteiger partial charge on any atom is -0.382 e. The number of carbonyl (C=O) groups is 1. The Hall–Kier alpha value is -3.01. The summed E-state index contributed by atoms with van der Waals surface area (Å²) in [5.41, 5.74) is -0.520. The number of amides is 1. The lowest BCUT2D eigenvalue weighted by molar-refractivity contribution is 0.0946. The first-order valence-electron chi connectivity index (χ1n) is 6.69. The van der Waals surface area contributed by atoms with Crippen LogP contribution in [0.5, 0.6) is 0 Å². The highest BCUT2D eigenvalue weighted by Gasteiger charge is 2.16. The van der Waals surface area contributed by atoms with Crippen molar-refractivity contribution < 1.29 is 18.0 Å². The molecule has 0 radical (unpaired) electrons. The van der Waals surface area contributed by atoms with Crippen LogP contribution in [-0.4, -0.2) is 19.0 Å². The molecule has 2 aromatic rings. The minimum absolute atomic E-state index is 0.0357. The van der Waals surface area contributed by atoms with Crippen molar-refractivity contribution in [2.45, 2.75) is 0 Å². The maximum Gasteiger partial charge on any atom is 0.257 e. The molecule has 0 heterocycles. The van der Waals surface area contributed by atoms with Gasteiger partial charge in [0, 0.05) is 13.1 Å². The van der Waals surface area contributed by atoms with Crippen molar-refractivity contribution in [3.63, 3.8) is 0 Å². The average Bonchev–Trinajstić information content (AvgIpc) is 2.51. The number of hydrogen-bond acceptors (Lipinski definition) is 3. The molecule has 0 aliphatic carbocycles. The number of rotatable bonds is 5. The van der Waals surface area contributed by atoms with Gasteiger partial charge in [-0.05, 0) is 24.3 Å². The summed E-state index contributed by atoms with van der Waals surface area (Å²) in [6, 6.07) is 8.98. The number of halogens is 3. The Kier molecular flexibility index (Phi) is 5.20. The smallest absolute Gasteiger partial charge is 0.257 e.